The number of carboxylic acids is 1. The molecule has 0 heterocycles. The Morgan fingerprint density at radius 1 is 1.55 bits per heavy atom. The monoisotopic (exact) mass is 337 g/mol. The number of rotatable bonds is 5. The van der Waals surface area contributed by atoms with Gasteiger partial charge in [0.15, 0.2) is 0 Å². The van der Waals surface area contributed by atoms with Crippen LogP contribution < -0.4 is 5.32 Å². The summed E-state index contributed by atoms with van der Waals surface area (Å²) in [6, 6.07) is 6.09. The van der Waals surface area contributed by atoms with Gasteiger partial charge in [0.1, 0.15) is 6.54 Å². The van der Waals surface area contributed by atoms with Gasteiger partial charge in [0, 0.05) is 11.0 Å². The Bertz CT molecular complexity index is 581. The SMILES string of the molecule is C=CCN(CC(=O)O)C(=O)Nc1ccc(C#N)cc1Br. The number of carbonyl (C=O) groups excluding carboxylic acids is 1. The van der Waals surface area contributed by atoms with Crippen LogP contribution in [0.1, 0.15) is 5.56 Å². The van der Waals surface area contributed by atoms with E-state index in [9.17, 15) is 9.59 Å². The molecule has 1 rings (SSSR count). The van der Waals surface area contributed by atoms with Crippen molar-refractivity contribution in [1.82, 2.24) is 4.90 Å². The number of carbonyl (C=O) groups is 2. The highest BCUT2D eigenvalue weighted by Crippen LogP contribution is 2.23. The first-order chi connectivity index (χ1) is 9.47. The molecule has 1 aromatic carbocycles. The first kappa shape index (κ1) is 15.7. The van der Waals surface area contributed by atoms with Crippen LogP contribution >= 0.6 is 15.9 Å². The van der Waals surface area contributed by atoms with Crippen molar-refractivity contribution in [3.63, 3.8) is 0 Å². The molecule has 0 aliphatic carbocycles. The minimum atomic E-state index is -1.11. The second kappa shape index (κ2) is 7.31. The average molecular weight is 338 g/mol. The highest BCUT2D eigenvalue weighted by atomic mass is 79.9. The van der Waals surface area contributed by atoms with Gasteiger partial charge < -0.3 is 15.3 Å². The van der Waals surface area contributed by atoms with Crippen LogP contribution in [0.2, 0.25) is 0 Å². The molecule has 2 amide bonds. The largest absolute Gasteiger partial charge is 0.480 e. The molecule has 20 heavy (non-hydrogen) atoms. The van der Waals surface area contributed by atoms with E-state index in [0.717, 1.165) is 4.90 Å². The Labute approximate surface area is 124 Å². The van der Waals surface area contributed by atoms with Crippen LogP contribution in [0, 0.1) is 11.3 Å². The molecule has 6 nitrogen and oxygen atoms in total. The molecule has 0 aliphatic rings. The van der Waals surface area contributed by atoms with Gasteiger partial charge in [-0.1, -0.05) is 6.08 Å². The second-order valence-electron chi connectivity index (χ2n) is 3.80. The fourth-order valence-electron chi connectivity index (χ4n) is 1.42. The highest BCUT2D eigenvalue weighted by molar-refractivity contribution is 9.10. The van der Waals surface area contributed by atoms with Crippen molar-refractivity contribution in [2.75, 3.05) is 18.4 Å². The van der Waals surface area contributed by atoms with Gasteiger partial charge in [-0.2, -0.15) is 5.26 Å². The Kier molecular flexibility index (Phi) is 5.74. The smallest absolute Gasteiger partial charge is 0.323 e. The Morgan fingerprint density at radius 2 is 2.25 bits per heavy atom. The van der Waals surface area contributed by atoms with Crippen molar-refractivity contribution in [2.24, 2.45) is 0 Å². The predicted octanol–water partition coefficient (Wildman–Crippen LogP) is 2.43. The third kappa shape index (κ3) is 4.40. The third-order valence-electron chi connectivity index (χ3n) is 2.30. The lowest BCUT2D eigenvalue weighted by atomic mass is 10.2. The molecule has 0 unspecified atom stereocenters. The average Bonchev–Trinajstić information content (AvgIpc) is 2.40. The zero-order valence-corrected chi connectivity index (χ0v) is 12.1. The van der Waals surface area contributed by atoms with Gasteiger partial charge in [0.05, 0.1) is 17.3 Å². The Morgan fingerprint density at radius 3 is 2.75 bits per heavy atom. The minimum absolute atomic E-state index is 0.117. The quantitative estimate of drug-likeness (QED) is 0.807. The van der Waals surface area contributed by atoms with Crippen LogP contribution in [-0.2, 0) is 4.79 Å². The van der Waals surface area contributed by atoms with Crippen molar-refractivity contribution < 1.29 is 14.7 Å². The maximum atomic E-state index is 12.0. The number of amides is 2. The zero-order valence-electron chi connectivity index (χ0n) is 10.5. The van der Waals surface area contributed by atoms with Gasteiger partial charge in [-0.15, -0.1) is 6.58 Å². The van der Waals surface area contributed by atoms with Crippen molar-refractivity contribution in [3.8, 4) is 6.07 Å². The van der Waals surface area contributed by atoms with E-state index in [1.165, 1.54) is 6.08 Å². The second-order valence-corrected chi connectivity index (χ2v) is 4.65. The van der Waals surface area contributed by atoms with E-state index in [0.29, 0.717) is 15.7 Å². The van der Waals surface area contributed by atoms with E-state index in [1.54, 1.807) is 18.2 Å². The first-order valence-corrected chi connectivity index (χ1v) is 6.35. The first-order valence-electron chi connectivity index (χ1n) is 5.56. The lowest BCUT2D eigenvalue weighted by Gasteiger charge is -2.19. The van der Waals surface area contributed by atoms with Gasteiger partial charge in [-0.05, 0) is 34.1 Å². The number of aliphatic carboxylic acids is 1. The topological polar surface area (TPSA) is 93.4 Å². The standard InChI is InChI=1S/C13H12BrN3O3/c1-2-5-17(8-12(18)19)13(20)16-11-4-3-9(7-15)6-10(11)14/h2-4,6H,1,5,8H2,(H,16,20)(H,18,19). The molecule has 0 fully saturated rings. The summed E-state index contributed by atoms with van der Waals surface area (Å²) in [7, 11) is 0. The molecule has 0 aliphatic heterocycles. The summed E-state index contributed by atoms with van der Waals surface area (Å²) in [5, 5.41) is 20.1. The van der Waals surface area contributed by atoms with Gasteiger partial charge in [0.2, 0.25) is 0 Å². The van der Waals surface area contributed by atoms with Gasteiger partial charge >= 0.3 is 12.0 Å². The Hall–Kier alpha value is -2.33. The van der Waals surface area contributed by atoms with Gasteiger partial charge in [-0.25, -0.2) is 4.79 Å². The van der Waals surface area contributed by atoms with Crippen LogP contribution in [0.3, 0.4) is 0 Å². The number of carboxylic acid groups (broad SMARTS) is 1. The molecule has 0 spiro atoms. The molecule has 0 saturated heterocycles. The summed E-state index contributed by atoms with van der Waals surface area (Å²) in [5.41, 5.74) is 0.900. The lowest BCUT2D eigenvalue weighted by molar-refractivity contribution is -0.137. The molecule has 1 aromatic rings. The number of halogens is 1. The number of hydrogen-bond acceptors (Lipinski definition) is 3. The van der Waals surface area contributed by atoms with E-state index in [1.807, 2.05) is 6.07 Å². The lowest BCUT2D eigenvalue weighted by Crippen LogP contribution is -2.38. The number of urea groups is 1. The minimum Gasteiger partial charge on any atom is -0.480 e. The molecule has 0 aromatic heterocycles. The van der Waals surface area contributed by atoms with Crippen molar-refractivity contribution >= 4 is 33.6 Å². The van der Waals surface area contributed by atoms with Crippen molar-refractivity contribution in [1.29, 1.82) is 5.26 Å². The van der Waals surface area contributed by atoms with Gasteiger partial charge in [-0.3, -0.25) is 4.79 Å². The molecular formula is C13H12BrN3O3. The molecule has 0 atom stereocenters. The van der Waals surface area contributed by atoms with Crippen LogP contribution in [0.5, 0.6) is 0 Å². The molecule has 0 radical (unpaired) electrons. The number of anilines is 1. The molecular weight excluding hydrogens is 326 g/mol. The summed E-state index contributed by atoms with van der Waals surface area (Å²) in [6.07, 6.45) is 1.44. The van der Waals surface area contributed by atoms with E-state index in [-0.39, 0.29) is 6.54 Å². The summed E-state index contributed by atoms with van der Waals surface area (Å²) < 4.78 is 0.541. The molecule has 0 saturated carbocycles. The van der Waals surface area contributed by atoms with Crippen LogP contribution in [0.4, 0.5) is 10.5 Å². The maximum absolute atomic E-state index is 12.0. The molecule has 2 N–H and O–H groups in total. The maximum Gasteiger partial charge on any atom is 0.323 e. The van der Waals surface area contributed by atoms with E-state index >= 15 is 0 Å². The summed E-state index contributed by atoms with van der Waals surface area (Å²) in [5.74, 6) is -1.11. The number of hydrogen-bond donors (Lipinski definition) is 2. The van der Waals surface area contributed by atoms with Gasteiger partial charge in [0.25, 0.3) is 0 Å². The van der Waals surface area contributed by atoms with E-state index in [2.05, 4.69) is 27.8 Å². The fourth-order valence-corrected chi connectivity index (χ4v) is 1.90. The molecule has 0 bridgehead atoms. The number of benzene rings is 1. The van der Waals surface area contributed by atoms with E-state index in [4.69, 9.17) is 10.4 Å². The third-order valence-corrected chi connectivity index (χ3v) is 2.96. The Balaban J connectivity index is 2.85. The highest BCUT2D eigenvalue weighted by Gasteiger charge is 2.16. The van der Waals surface area contributed by atoms with Crippen molar-refractivity contribution in [3.05, 3.63) is 40.9 Å². The number of nitrogens with zero attached hydrogens (tertiary/aromatic N) is 2. The van der Waals surface area contributed by atoms with Crippen molar-refractivity contribution in [2.45, 2.75) is 0 Å². The molecule has 104 valence electrons. The predicted molar refractivity (Wildman–Crippen MR) is 77.3 cm³/mol. The summed E-state index contributed by atoms with van der Waals surface area (Å²) in [6.45, 7) is 3.17. The fraction of sp³-hybridized carbons (Fsp3) is 0.154. The van der Waals surface area contributed by atoms with E-state index < -0.39 is 18.5 Å². The zero-order chi connectivity index (χ0) is 15.1. The van der Waals surface area contributed by atoms with Crippen LogP contribution in [0.15, 0.2) is 35.3 Å². The van der Waals surface area contributed by atoms with Crippen LogP contribution in [-0.4, -0.2) is 35.1 Å². The van der Waals surface area contributed by atoms with Crippen LogP contribution in [0.25, 0.3) is 0 Å². The number of nitriles is 1. The normalized spacial score (nSPS) is 9.40. The summed E-state index contributed by atoms with van der Waals surface area (Å²) in [4.78, 5) is 23.8. The molecule has 7 heteroatoms. The number of nitrogens with one attached hydrogen (secondary N) is 1. The summed E-state index contributed by atoms with van der Waals surface area (Å²) >= 11 is 3.23.